The molecule has 0 atom stereocenters. The molecule has 1 saturated heterocycles. The van der Waals surface area contributed by atoms with Gasteiger partial charge in [0.15, 0.2) is 0 Å². The van der Waals surface area contributed by atoms with Crippen molar-refractivity contribution in [3.05, 3.63) is 23.5 Å². The van der Waals surface area contributed by atoms with Crippen molar-refractivity contribution in [2.45, 2.75) is 25.7 Å². The fourth-order valence-corrected chi connectivity index (χ4v) is 2.71. The van der Waals surface area contributed by atoms with Crippen LogP contribution in [0.2, 0.25) is 0 Å². The molecule has 1 N–H and O–H groups in total. The summed E-state index contributed by atoms with van der Waals surface area (Å²) >= 11 is 0. The molecule has 1 aromatic rings. The van der Waals surface area contributed by atoms with Crippen molar-refractivity contribution in [3.8, 4) is 0 Å². The first kappa shape index (κ1) is 12.1. The number of halogens is 1. The highest BCUT2D eigenvalue weighted by molar-refractivity contribution is 6.51. The Morgan fingerprint density at radius 3 is 2.42 bits per heavy atom. The molecule has 0 unspecified atom stereocenters. The van der Waals surface area contributed by atoms with Gasteiger partial charge in [-0.2, -0.15) is 0 Å². The van der Waals surface area contributed by atoms with Gasteiger partial charge in [0.25, 0.3) is 11.7 Å². The van der Waals surface area contributed by atoms with Crippen LogP contribution in [0.4, 0.5) is 15.8 Å². The molecular formula is C14H15FN2O2. The molecule has 2 heterocycles. The maximum absolute atomic E-state index is 14.1. The zero-order valence-corrected chi connectivity index (χ0v) is 10.5. The number of ketones is 1. The number of fused-ring (bicyclic) bond motifs is 1. The van der Waals surface area contributed by atoms with E-state index in [9.17, 15) is 14.0 Å². The van der Waals surface area contributed by atoms with Gasteiger partial charge in [0, 0.05) is 13.1 Å². The van der Waals surface area contributed by atoms with E-state index >= 15 is 0 Å². The molecule has 0 radical (unpaired) electrons. The summed E-state index contributed by atoms with van der Waals surface area (Å²) in [4.78, 5) is 24.8. The smallest absolute Gasteiger partial charge is 0.296 e. The Morgan fingerprint density at radius 2 is 1.74 bits per heavy atom. The van der Waals surface area contributed by atoms with E-state index in [1.807, 2.05) is 4.90 Å². The first-order valence-corrected chi connectivity index (χ1v) is 6.61. The summed E-state index contributed by atoms with van der Waals surface area (Å²) in [5.74, 6) is -1.76. The van der Waals surface area contributed by atoms with Crippen molar-refractivity contribution in [1.82, 2.24) is 0 Å². The van der Waals surface area contributed by atoms with Gasteiger partial charge in [0.05, 0.1) is 16.9 Å². The number of benzene rings is 1. The lowest BCUT2D eigenvalue weighted by atomic mass is 10.1. The first-order chi connectivity index (χ1) is 9.16. The molecule has 0 spiro atoms. The SMILES string of the molecule is O=C1Nc2cc(N3CCCCCC3)c(F)cc2C1=O. The number of hydrogen-bond donors (Lipinski definition) is 1. The van der Waals surface area contributed by atoms with Crippen LogP contribution in [-0.4, -0.2) is 24.8 Å². The van der Waals surface area contributed by atoms with Gasteiger partial charge in [-0.25, -0.2) is 4.39 Å². The fraction of sp³-hybridized carbons (Fsp3) is 0.429. The molecule has 100 valence electrons. The largest absolute Gasteiger partial charge is 0.369 e. The van der Waals surface area contributed by atoms with Crippen LogP contribution in [-0.2, 0) is 4.79 Å². The van der Waals surface area contributed by atoms with E-state index < -0.39 is 17.5 Å². The zero-order valence-electron chi connectivity index (χ0n) is 10.5. The minimum atomic E-state index is -0.678. The molecule has 5 heteroatoms. The van der Waals surface area contributed by atoms with Crippen LogP contribution in [0, 0.1) is 5.82 Å². The highest BCUT2D eigenvalue weighted by Gasteiger charge is 2.30. The average molecular weight is 262 g/mol. The van der Waals surface area contributed by atoms with E-state index in [0.717, 1.165) is 38.8 Å². The quantitative estimate of drug-likeness (QED) is 0.790. The van der Waals surface area contributed by atoms with Crippen LogP contribution in [0.1, 0.15) is 36.0 Å². The van der Waals surface area contributed by atoms with E-state index in [1.165, 1.54) is 6.07 Å². The Bertz CT molecular complexity index is 549. The Morgan fingerprint density at radius 1 is 1.05 bits per heavy atom. The first-order valence-electron chi connectivity index (χ1n) is 6.61. The Hall–Kier alpha value is -1.91. The van der Waals surface area contributed by atoms with Crippen LogP contribution in [0.25, 0.3) is 0 Å². The lowest BCUT2D eigenvalue weighted by Crippen LogP contribution is -2.25. The van der Waals surface area contributed by atoms with Crippen molar-refractivity contribution >= 4 is 23.1 Å². The summed E-state index contributed by atoms with van der Waals surface area (Å²) in [5.41, 5.74) is 1.05. The van der Waals surface area contributed by atoms with Gasteiger partial charge in [-0.15, -0.1) is 0 Å². The summed E-state index contributed by atoms with van der Waals surface area (Å²) in [7, 11) is 0. The van der Waals surface area contributed by atoms with Crippen LogP contribution in [0.3, 0.4) is 0 Å². The molecule has 1 aromatic carbocycles. The summed E-state index contributed by atoms with van der Waals surface area (Å²) in [6.45, 7) is 1.63. The minimum absolute atomic E-state index is 0.140. The average Bonchev–Trinajstić information content (AvgIpc) is 2.63. The lowest BCUT2D eigenvalue weighted by molar-refractivity contribution is -0.112. The van der Waals surface area contributed by atoms with Gasteiger partial charge in [0.2, 0.25) is 0 Å². The number of nitrogens with one attached hydrogen (secondary N) is 1. The van der Waals surface area contributed by atoms with Crippen molar-refractivity contribution < 1.29 is 14.0 Å². The van der Waals surface area contributed by atoms with Crippen molar-refractivity contribution in [3.63, 3.8) is 0 Å². The van der Waals surface area contributed by atoms with Crippen LogP contribution < -0.4 is 10.2 Å². The zero-order chi connectivity index (χ0) is 13.4. The van der Waals surface area contributed by atoms with Gasteiger partial charge in [-0.1, -0.05) is 12.8 Å². The number of Topliss-reactive ketones (excluding diaryl/α,β-unsaturated/α-hetero) is 1. The van der Waals surface area contributed by atoms with Crippen LogP contribution >= 0.6 is 0 Å². The highest BCUT2D eigenvalue weighted by Crippen LogP contribution is 2.32. The second-order valence-electron chi connectivity index (χ2n) is 5.03. The van der Waals surface area contributed by atoms with Gasteiger partial charge in [-0.3, -0.25) is 9.59 Å². The minimum Gasteiger partial charge on any atom is -0.369 e. The van der Waals surface area contributed by atoms with Gasteiger partial charge >= 0.3 is 0 Å². The topological polar surface area (TPSA) is 49.4 Å². The third kappa shape index (κ3) is 2.09. The van der Waals surface area contributed by atoms with Gasteiger partial charge in [-0.05, 0) is 25.0 Å². The number of rotatable bonds is 1. The summed E-state index contributed by atoms with van der Waals surface area (Å²) in [6, 6.07) is 2.76. The molecule has 1 fully saturated rings. The van der Waals surface area contributed by atoms with E-state index in [0.29, 0.717) is 11.4 Å². The second-order valence-corrected chi connectivity index (χ2v) is 5.03. The molecule has 3 rings (SSSR count). The van der Waals surface area contributed by atoms with Crippen molar-refractivity contribution in [2.75, 3.05) is 23.3 Å². The monoisotopic (exact) mass is 262 g/mol. The molecule has 0 aliphatic carbocycles. The van der Waals surface area contributed by atoms with Crippen molar-refractivity contribution in [1.29, 1.82) is 0 Å². The van der Waals surface area contributed by atoms with E-state index in [1.54, 1.807) is 6.07 Å². The molecule has 1 amide bonds. The predicted octanol–water partition coefficient (Wildman–Crippen LogP) is 2.34. The van der Waals surface area contributed by atoms with Crippen molar-refractivity contribution in [2.24, 2.45) is 0 Å². The number of carbonyl (C=O) groups excluding carboxylic acids is 2. The van der Waals surface area contributed by atoms with Gasteiger partial charge in [0.1, 0.15) is 5.82 Å². The second kappa shape index (κ2) is 4.64. The standard InChI is InChI=1S/C14H15FN2O2/c15-10-7-9-11(16-14(19)13(9)18)8-12(10)17-5-3-1-2-4-6-17/h7-8H,1-6H2,(H,16,18,19). The van der Waals surface area contributed by atoms with Crippen LogP contribution in [0.5, 0.6) is 0 Å². The summed E-state index contributed by atoms with van der Waals surface area (Å²) < 4.78 is 14.1. The van der Waals surface area contributed by atoms with E-state index in [-0.39, 0.29) is 5.56 Å². The highest BCUT2D eigenvalue weighted by atomic mass is 19.1. The van der Waals surface area contributed by atoms with Gasteiger partial charge < -0.3 is 10.2 Å². The number of hydrogen-bond acceptors (Lipinski definition) is 3. The molecule has 4 nitrogen and oxygen atoms in total. The number of nitrogens with zero attached hydrogens (tertiary/aromatic N) is 1. The maximum Gasteiger partial charge on any atom is 0.296 e. The summed E-state index contributed by atoms with van der Waals surface area (Å²) in [5, 5.41) is 2.49. The Balaban J connectivity index is 1.97. The number of amides is 1. The third-order valence-electron chi connectivity index (χ3n) is 3.73. The number of anilines is 2. The Kier molecular flexibility index (Phi) is 2.97. The molecule has 0 bridgehead atoms. The lowest BCUT2D eigenvalue weighted by Gasteiger charge is -2.23. The van der Waals surface area contributed by atoms with E-state index in [2.05, 4.69) is 5.32 Å². The van der Waals surface area contributed by atoms with Crippen LogP contribution in [0.15, 0.2) is 12.1 Å². The van der Waals surface area contributed by atoms with E-state index in [4.69, 9.17) is 0 Å². The third-order valence-corrected chi connectivity index (χ3v) is 3.73. The molecular weight excluding hydrogens is 247 g/mol. The molecule has 0 saturated carbocycles. The number of carbonyl (C=O) groups is 2. The Labute approximate surface area is 110 Å². The fourth-order valence-electron chi connectivity index (χ4n) is 2.71. The summed E-state index contributed by atoms with van der Waals surface area (Å²) in [6.07, 6.45) is 4.42. The molecule has 19 heavy (non-hydrogen) atoms. The normalized spacial score (nSPS) is 19.1. The maximum atomic E-state index is 14.1. The molecule has 2 aliphatic rings. The molecule has 2 aliphatic heterocycles. The predicted molar refractivity (Wildman–Crippen MR) is 70.0 cm³/mol. The molecule has 0 aromatic heterocycles.